The van der Waals surface area contributed by atoms with Gasteiger partial charge >= 0.3 is 7.82 Å². The molecule has 2 unspecified atom stereocenters. The molecule has 0 saturated heterocycles. The SMILES string of the molecule is CCCCCCCCCCCCCCCCCCCCCC(O)C(=O)N[C@@H](COP(=O)(O)OCC[N+](C)(C)C)[C@H](O)/C=C/CCCCCCCCCC(C)C. The number of phosphoric acid groups is 1. The number of quaternary nitrogens is 1. The maximum absolute atomic E-state index is 12.9. The predicted molar refractivity (Wildman–Crippen MR) is 232 cm³/mol. The minimum absolute atomic E-state index is 0.0207. The van der Waals surface area contributed by atoms with Crippen LogP contribution in [0.2, 0.25) is 0 Å². The molecule has 0 bridgehead atoms. The lowest BCUT2D eigenvalue weighted by molar-refractivity contribution is -0.870. The standard InChI is InChI=1S/C45H91N2O7P/c1-7-8-9-10-11-12-13-14-15-16-17-18-19-20-21-24-28-31-34-37-44(49)45(50)46-42(40-54-55(51,52)53-39-38-47(4,5)6)43(48)36-33-30-27-25-22-23-26-29-32-35-41(2)3/h33,36,41-44,48-49H,7-32,34-35,37-40H2,1-6H3,(H-,46,50,51,52)/p+1/b36-33+/t42-,43+,44?/m0/s1. The maximum Gasteiger partial charge on any atom is 0.472 e. The van der Waals surface area contributed by atoms with Crippen molar-refractivity contribution in [3.05, 3.63) is 12.2 Å². The van der Waals surface area contributed by atoms with Gasteiger partial charge in [0, 0.05) is 0 Å². The summed E-state index contributed by atoms with van der Waals surface area (Å²) < 4.78 is 23.5. The highest BCUT2D eigenvalue weighted by atomic mass is 31.2. The van der Waals surface area contributed by atoms with Gasteiger partial charge in [-0.1, -0.05) is 200 Å². The normalized spacial score (nSPS) is 15.1. The number of allylic oxidation sites excluding steroid dienone is 1. The maximum atomic E-state index is 12.9. The Morgan fingerprint density at radius 2 is 1.07 bits per heavy atom. The average Bonchev–Trinajstić information content (AvgIpc) is 3.12. The first-order valence-electron chi connectivity index (χ1n) is 23.0. The third kappa shape index (κ3) is 38.5. The van der Waals surface area contributed by atoms with Gasteiger partial charge in [0.25, 0.3) is 0 Å². The third-order valence-corrected chi connectivity index (χ3v) is 11.5. The lowest BCUT2D eigenvalue weighted by Gasteiger charge is -2.26. The van der Waals surface area contributed by atoms with Gasteiger partial charge in [0.05, 0.1) is 39.9 Å². The highest BCUT2D eigenvalue weighted by Crippen LogP contribution is 2.43. The molecule has 0 spiro atoms. The largest absolute Gasteiger partial charge is 0.472 e. The summed E-state index contributed by atoms with van der Waals surface area (Å²) in [6.45, 7) is 6.91. The molecule has 0 radical (unpaired) electrons. The van der Waals surface area contributed by atoms with Crippen molar-refractivity contribution in [2.45, 2.75) is 225 Å². The second-order valence-electron chi connectivity index (χ2n) is 17.8. The van der Waals surface area contributed by atoms with E-state index in [1.807, 2.05) is 27.2 Å². The van der Waals surface area contributed by atoms with E-state index >= 15 is 0 Å². The van der Waals surface area contributed by atoms with Crippen molar-refractivity contribution >= 4 is 13.7 Å². The Bertz CT molecular complexity index is 943. The fourth-order valence-corrected chi connectivity index (χ4v) is 7.50. The highest BCUT2D eigenvalue weighted by Gasteiger charge is 2.29. The van der Waals surface area contributed by atoms with Gasteiger partial charge in [-0.2, -0.15) is 0 Å². The van der Waals surface area contributed by atoms with Crippen molar-refractivity contribution in [2.75, 3.05) is 40.9 Å². The summed E-state index contributed by atoms with van der Waals surface area (Å²) in [4.78, 5) is 23.2. The van der Waals surface area contributed by atoms with Crippen LogP contribution in [-0.2, 0) is 18.4 Å². The number of aliphatic hydroxyl groups is 2. The third-order valence-electron chi connectivity index (χ3n) is 10.5. The Morgan fingerprint density at radius 1 is 0.655 bits per heavy atom. The van der Waals surface area contributed by atoms with Crippen LogP contribution in [0.5, 0.6) is 0 Å². The van der Waals surface area contributed by atoms with E-state index in [1.54, 1.807) is 6.08 Å². The molecule has 0 heterocycles. The highest BCUT2D eigenvalue weighted by molar-refractivity contribution is 7.47. The zero-order valence-corrected chi connectivity index (χ0v) is 37.9. The first-order valence-corrected chi connectivity index (χ1v) is 24.5. The zero-order chi connectivity index (χ0) is 41.0. The number of carbonyl (C=O) groups excluding carboxylic acids is 1. The van der Waals surface area contributed by atoms with Crippen molar-refractivity contribution in [3.63, 3.8) is 0 Å². The second-order valence-corrected chi connectivity index (χ2v) is 19.2. The van der Waals surface area contributed by atoms with Crippen LogP contribution in [0.4, 0.5) is 0 Å². The molecule has 9 nitrogen and oxygen atoms in total. The molecule has 328 valence electrons. The van der Waals surface area contributed by atoms with E-state index in [1.165, 1.54) is 141 Å². The number of amides is 1. The van der Waals surface area contributed by atoms with Crippen LogP contribution in [0.15, 0.2) is 12.2 Å². The molecule has 0 aromatic heterocycles. The van der Waals surface area contributed by atoms with Gasteiger partial charge in [-0.15, -0.1) is 0 Å². The van der Waals surface area contributed by atoms with Gasteiger partial charge in [0.1, 0.15) is 19.3 Å². The fraction of sp³-hybridized carbons (Fsp3) is 0.933. The molecule has 0 aliphatic heterocycles. The lowest BCUT2D eigenvalue weighted by atomic mass is 10.0. The van der Waals surface area contributed by atoms with E-state index in [2.05, 4.69) is 26.1 Å². The van der Waals surface area contributed by atoms with Crippen molar-refractivity contribution < 1.29 is 38.0 Å². The number of hydrogen-bond acceptors (Lipinski definition) is 6. The summed E-state index contributed by atoms with van der Waals surface area (Å²) in [6.07, 6.45) is 36.4. The van der Waals surface area contributed by atoms with Crippen LogP contribution in [0.1, 0.15) is 207 Å². The first-order chi connectivity index (χ1) is 26.3. The molecule has 4 atom stereocenters. The summed E-state index contributed by atoms with van der Waals surface area (Å²) in [5, 5.41) is 24.2. The lowest BCUT2D eigenvalue weighted by Crippen LogP contribution is -2.49. The van der Waals surface area contributed by atoms with Gasteiger partial charge in [0.15, 0.2) is 0 Å². The Morgan fingerprint density at radius 3 is 1.51 bits per heavy atom. The molecule has 0 aromatic rings. The van der Waals surface area contributed by atoms with Crippen LogP contribution < -0.4 is 5.32 Å². The van der Waals surface area contributed by atoms with Gasteiger partial charge in [0.2, 0.25) is 5.91 Å². The van der Waals surface area contributed by atoms with E-state index in [0.717, 1.165) is 44.4 Å². The number of likely N-dealkylation sites (N-methyl/N-ethyl adjacent to an activating group) is 1. The van der Waals surface area contributed by atoms with Gasteiger partial charge < -0.3 is 24.9 Å². The van der Waals surface area contributed by atoms with Crippen LogP contribution in [0.25, 0.3) is 0 Å². The summed E-state index contributed by atoms with van der Waals surface area (Å²) in [7, 11) is 1.43. The quantitative estimate of drug-likeness (QED) is 0.0210. The Balaban J connectivity index is 4.43. The van der Waals surface area contributed by atoms with Crippen molar-refractivity contribution in [2.24, 2.45) is 5.92 Å². The monoisotopic (exact) mass is 804 g/mol. The van der Waals surface area contributed by atoms with Crippen LogP contribution in [-0.4, -0.2) is 84.6 Å². The van der Waals surface area contributed by atoms with E-state index in [-0.39, 0.29) is 6.61 Å². The van der Waals surface area contributed by atoms with Crippen LogP contribution in [0.3, 0.4) is 0 Å². The molecular weight excluding hydrogens is 711 g/mol. The number of phosphoric ester groups is 1. The summed E-state index contributed by atoms with van der Waals surface area (Å²) in [5.41, 5.74) is 0. The van der Waals surface area contributed by atoms with Gasteiger partial charge in [-0.25, -0.2) is 4.57 Å². The number of carbonyl (C=O) groups is 1. The molecule has 0 aliphatic rings. The number of hydrogen-bond donors (Lipinski definition) is 4. The molecule has 0 fully saturated rings. The molecule has 0 aromatic carbocycles. The second kappa shape index (κ2) is 36.3. The summed E-state index contributed by atoms with van der Waals surface area (Å²) >= 11 is 0. The molecular formula is C45H92N2O7P+. The number of aliphatic hydroxyl groups excluding tert-OH is 2. The molecule has 0 rings (SSSR count). The summed E-state index contributed by atoms with van der Waals surface area (Å²) in [6, 6.07) is -1.02. The topological polar surface area (TPSA) is 125 Å². The number of unbranched alkanes of at least 4 members (excludes halogenated alkanes) is 25. The smallest absolute Gasteiger partial charge is 0.387 e. The minimum Gasteiger partial charge on any atom is -0.387 e. The Hall–Kier alpha value is -0.800. The number of rotatable bonds is 41. The molecule has 4 N–H and O–H groups in total. The van der Waals surface area contributed by atoms with E-state index in [9.17, 15) is 24.5 Å². The van der Waals surface area contributed by atoms with Crippen molar-refractivity contribution in [1.29, 1.82) is 0 Å². The minimum atomic E-state index is -4.41. The molecule has 0 aliphatic carbocycles. The van der Waals surface area contributed by atoms with E-state index in [0.29, 0.717) is 17.4 Å². The first kappa shape index (κ1) is 54.2. The molecule has 10 heteroatoms. The summed E-state index contributed by atoms with van der Waals surface area (Å²) in [5.74, 6) is 0.162. The van der Waals surface area contributed by atoms with Gasteiger partial charge in [-0.05, 0) is 25.2 Å². The zero-order valence-electron chi connectivity index (χ0n) is 37.0. The van der Waals surface area contributed by atoms with E-state index in [4.69, 9.17) is 9.05 Å². The molecule has 1 amide bonds. The van der Waals surface area contributed by atoms with Crippen molar-refractivity contribution in [3.8, 4) is 0 Å². The predicted octanol–water partition coefficient (Wildman–Crippen LogP) is 11.6. The van der Waals surface area contributed by atoms with Crippen molar-refractivity contribution in [1.82, 2.24) is 5.32 Å². The number of nitrogens with zero attached hydrogens (tertiary/aromatic N) is 1. The average molecular weight is 804 g/mol. The number of nitrogens with one attached hydrogen (secondary N) is 1. The van der Waals surface area contributed by atoms with Crippen LogP contribution >= 0.6 is 7.82 Å². The van der Waals surface area contributed by atoms with Gasteiger partial charge in [-0.3, -0.25) is 13.8 Å². The fourth-order valence-electron chi connectivity index (χ4n) is 6.76. The Kier molecular flexibility index (Phi) is 35.8. The Labute approximate surface area is 340 Å². The van der Waals surface area contributed by atoms with Crippen LogP contribution in [0, 0.1) is 5.92 Å². The molecule has 55 heavy (non-hydrogen) atoms. The molecule has 0 saturated carbocycles. The van der Waals surface area contributed by atoms with E-state index < -0.39 is 38.6 Å².